The number of hydrogen-bond acceptors (Lipinski definition) is 4. The maximum atomic E-state index is 12.1. The van der Waals surface area contributed by atoms with Crippen LogP contribution in [0.5, 0.6) is 11.5 Å². The van der Waals surface area contributed by atoms with Crippen LogP contribution in [-0.2, 0) is 4.79 Å². The number of carboxylic acids is 1. The minimum absolute atomic E-state index is 0.0657. The molecule has 6 heteroatoms. The number of rotatable bonds is 7. The van der Waals surface area contributed by atoms with E-state index in [4.69, 9.17) is 9.84 Å². The number of aromatic carboxylic acids is 1. The first-order valence-electron chi connectivity index (χ1n) is 7.98. The van der Waals surface area contributed by atoms with E-state index in [1.54, 1.807) is 6.07 Å². The van der Waals surface area contributed by atoms with Crippen molar-refractivity contribution < 1.29 is 24.5 Å². The Morgan fingerprint density at radius 3 is 2.64 bits per heavy atom. The first-order chi connectivity index (χ1) is 11.9. The summed E-state index contributed by atoms with van der Waals surface area (Å²) >= 11 is 0. The fourth-order valence-corrected chi connectivity index (χ4v) is 2.38. The number of hydrogen-bond donors (Lipinski definition) is 2. The summed E-state index contributed by atoms with van der Waals surface area (Å²) in [4.78, 5) is 23.3. The highest BCUT2D eigenvalue weighted by Gasteiger charge is 2.14. The molecule has 2 rings (SSSR count). The van der Waals surface area contributed by atoms with Gasteiger partial charge in [0.25, 0.3) is 5.91 Å². The van der Waals surface area contributed by atoms with Gasteiger partial charge >= 0.3 is 5.97 Å². The number of amides is 1. The zero-order chi connectivity index (χ0) is 18.4. The molecule has 0 aliphatic carbocycles. The summed E-state index contributed by atoms with van der Waals surface area (Å²) in [5.41, 5.74) is 0.830. The van der Waals surface area contributed by atoms with Crippen LogP contribution in [0, 0.1) is 0 Å². The summed E-state index contributed by atoms with van der Waals surface area (Å²) < 4.78 is 5.60. The highest BCUT2D eigenvalue weighted by Crippen LogP contribution is 2.28. The van der Waals surface area contributed by atoms with E-state index in [-0.39, 0.29) is 17.9 Å². The monoisotopic (exact) mass is 342 g/mol. The Kier molecular flexibility index (Phi) is 6.00. The molecule has 6 nitrogen and oxygen atoms in total. The molecule has 1 amide bonds. The third-order valence-corrected chi connectivity index (χ3v) is 3.92. The van der Waals surface area contributed by atoms with Gasteiger partial charge in [-0.3, -0.25) is 4.79 Å². The molecule has 0 heterocycles. The molecule has 1 atom stereocenters. The average molecular weight is 342 g/mol. The van der Waals surface area contributed by atoms with Crippen LogP contribution in [0.25, 0.3) is 0 Å². The van der Waals surface area contributed by atoms with Crippen LogP contribution in [0.4, 0.5) is 5.69 Å². The van der Waals surface area contributed by atoms with Crippen molar-refractivity contribution in [3.05, 3.63) is 53.6 Å². The maximum absolute atomic E-state index is 12.1. The summed E-state index contributed by atoms with van der Waals surface area (Å²) in [6.45, 7) is 3.89. The van der Waals surface area contributed by atoms with E-state index < -0.39 is 17.6 Å². The second-order valence-corrected chi connectivity index (χ2v) is 5.70. The van der Waals surface area contributed by atoms with Gasteiger partial charge in [-0.25, -0.2) is 4.79 Å². The standard InChI is InChI=1S/C19H21NO5/c1-3-12(2)14-6-4-5-7-17(14)25-11-18(22)20-16-9-8-13(21)10-15(16)19(23)24/h4-10,12,21H,3,11H2,1-2H3,(H,20,22)(H,23,24)/p-1/t12-/m1/s1. The predicted molar refractivity (Wildman–Crippen MR) is 92.1 cm³/mol. The van der Waals surface area contributed by atoms with Gasteiger partial charge in [0.1, 0.15) is 5.75 Å². The molecule has 0 radical (unpaired) electrons. The summed E-state index contributed by atoms with van der Waals surface area (Å²) in [5, 5.41) is 22.9. The molecule has 0 aliphatic heterocycles. The van der Waals surface area contributed by atoms with Crippen LogP contribution in [0.2, 0.25) is 0 Å². The molecule has 0 bridgehead atoms. The molecule has 2 aromatic carbocycles. The Morgan fingerprint density at radius 2 is 1.96 bits per heavy atom. The number of carbonyl (C=O) groups excluding carboxylic acids is 1. The summed E-state index contributed by atoms with van der Waals surface area (Å²) in [5.74, 6) is -1.30. The number of carbonyl (C=O) groups is 2. The van der Waals surface area contributed by atoms with Gasteiger partial charge in [-0.1, -0.05) is 44.2 Å². The number of benzene rings is 2. The average Bonchev–Trinajstić information content (AvgIpc) is 2.61. The van der Waals surface area contributed by atoms with Gasteiger partial charge in [0.2, 0.25) is 0 Å². The molecule has 0 unspecified atom stereocenters. The Balaban J connectivity index is 2.07. The van der Waals surface area contributed by atoms with Crippen LogP contribution in [0.1, 0.15) is 42.1 Å². The molecule has 0 aliphatic rings. The van der Waals surface area contributed by atoms with E-state index in [9.17, 15) is 14.7 Å². The van der Waals surface area contributed by atoms with Crippen molar-refractivity contribution in [3.8, 4) is 11.5 Å². The summed E-state index contributed by atoms with van der Waals surface area (Å²) in [6.07, 6.45) is 0.941. The molecule has 2 N–H and O–H groups in total. The summed E-state index contributed by atoms with van der Waals surface area (Å²) in [7, 11) is 0. The van der Waals surface area contributed by atoms with E-state index in [1.165, 1.54) is 12.1 Å². The lowest BCUT2D eigenvalue weighted by atomic mass is 9.98. The molecule has 0 saturated carbocycles. The van der Waals surface area contributed by atoms with E-state index >= 15 is 0 Å². The second kappa shape index (κ2) is 8.19. The molecule has 0 saturated heterocycles. The third kappa shape index (κ3) is 4.73. The molecule has 2 aromatic rings. The highest BCUT2D eigenvalue weighted by atomic mass is 16.5. The van der Waals surface area contributed by atoms with Gasteiger partial charge in [0.05, 0.1) is 11.3 Å². The minimum Gasteiger partial charge on any atom is -0.872 e. The molecule has 25 heavy (non-hydrogen) atoms. The molecule has 0 fully saturated rings. The maximum Gasteiger partial charge on any atom is 0.337 e. The molecular formula is C19H20NO5-. The second-order valence-electron chi connectivity index (χ2n) is 5.70. The topological polar surface area (TPSA) is 98.7 Å². The smallest absolute Gasteiger partial charge is 0.337 e. The van der Waals surface area contributed by atoms with Crippen LogP contribution >= 0.6 is 0 Å². The Labute approximate surface area is 146 Å². The van der Waals surface area contributed by atoms with Crippen molar-refractivity contribution in [3.63, 3.8) is 0 Å². The number of nitrogens with one attached hydrogen (secondary N) is 1. The van der Waals surface area contributed by atoms with Crippen molar-refractivity contribution in [2.75, 3.05) is 11.9 Å². The van der Waals surface area contributed by atoms with Gasteiger partial charge in [-0.15, -0.1) is 5.75 Å². The van der Waals surface area contributed by atoms with Crippen molar-refractivity contribution >= 4 is 17.6 Å². The molecular weight excluding hydrogens is 322 g/mol. The van der Waals surface area contributed by atoms with Gasteiger partial charge in [0, 0.05) is 0 Å². The zero-order valence-corrected chi connectivity index (χ0v) is 14.1. The SMILES string of the molecule is CC[C@@H](C)c1ccccc1OCC(=O)Nc1ccc([O-])cc1C(=O)O. The molecule has 132 valence electrons. The quantitative estimate of drug-likeness (QED) is 0.806. The Hall–Kier alpha value is -3.02. The van der Waals surface area contributed by atoms with E-state index in [2.05, 4.69) is 19.2 Å². The molecule has 0 aromatic heterocycles. The van der Waals surface area contributed by atoms with Gasteiger partial charge in [0.15, 0.2) is 6.61 Å². The van der Waals surface area contributed by atoms with E-state index in [0.717, 1.165) is 18.1 Å². The first-order valence-corrected chi connectivity index (χ1v) is 7.98. The van der Waals surface area contributed by atoms with Crippen LogP contribution in [0.15, 0.2) is 42.5 Å². The fourth-order valence-electron chi connectivity index (χ4n) is 2.38. The predicted octanol–water partition coefficient (Wildman–Crippen LogP) is 2.99. The largest absolute Gasteiger partial charge is 0.872 e. The lowest BCUT2D eigenvalue weighted by molar-refractivity contribution is -0.268. The third-order valence-electron chi connectivity index (χ3n) is 3.92. The van der Waals surface area contributed by atoms with Crippen LogP contribution in [0.3, 0.4) is 0 Å². The van der Waals surface area contributed by atoms with Gasteiger partial charge in [-0.2, -0.15) is 0 Å². The first kappa shape index (κ1) is 18.3. The van der Waals surface area contributed by atoms with Crippen molar-refractivity contribution in [2.45, 2.75) is 26.2 Å². The Bertz CT molecular complexity index is 772. The van der Waals surface area contributed by atoms with Crippen molar-refractivity contribution in [1.82, 2.24) is 0 Å². The zero-order valence-electron chi connectivity index (χ0n) is 14.1. The highest BCUT2D eigenvalue weighted by molar-refractivity contribution is 6.01. The van der Waals surface area contributed by atoms with Crippen molar-refractivity contribution in [2.24, 2.45) is 0 Å². The minimum atomic E-state index is -1.28. The normalized spacial score (nSPS) is 11.6. The van der Waals surface area contributed by atoms with E-state index in [0.29, 0.717) is 11.7 Å². The fraction of sp³-hybridized carbons (Fsp3) is 0.263. The lowest BCUT2D eigenvalue weighted by Crippen LogP contribution is -2.22. The van der Waals surface area contributed by atoms with Crippen LogP contribution < -0.4 is 15.2 Å². The number of para-hydroxylation sites is 1. The Morgan fingerprint density at radius 1 is 1.24 bits per heavy atom. The van der Waals surface area contributed by atoms with E-state index in [1.807, 2.05) is 18.2 Å². The number of ether oxygens (including phenoxy) is 1. The summed E-state index contributed by atoms with van der Waals surface area (Å²) in [6, 6.07) is 10.9. The van der Waals surface area contributed by atoms with Gasteiger partial charge in [-0.05, 0) is 30.0 Å². The molecule has 0 spiro atoms. The van der Waals surface area contributed by atoms with Crippen molar-refractivity contribution in [1.29, 1.82) is 0 Å². The van der Waals surface area contributed by atoms with Crippen LogP contribution in [-0.4, -0.2) is 23.6 Å². The van der Waals surface area contributed by atoms with Gasteiger partial charge < -0.3 is 20.3 Å². The number of carboxylic acid groups (broad SMARTS) is 1. The number of anilines is 1. The lowest BCUT2D eigenvalue weighted by Gasteiger charge is -2.16.